The monoisotopic (exact) mass is 576 g/mol. The molecule has 7 heteroatoms. The van der Waals surface area contributed by atoms with Crippen molar-refractivity contribution < 1.29 is 23.9 Å². The number of ketones is 1. The molecular weight excluding hydrogens is 540 g/mol. The Balaban J connectivity index is 1.27. The van der Waals surface area contributed by atoms with Crippen LogP contribution in [-0.4, -0.2) is 48.3 Å². The molecule has 43 heavy (non-hydrogen) atoms. The van der Waals surface area contributed by atoms with Gasteiger partial charge in [-0.2, -0.15) is 0 Å². The maximum atomic E-state index is 14.6. The van der Waals surface area contributed by atoms with Crippen molar-refractivity contribution in [2.45, 2.75) is 62.3 Å². The topological polar surface area (TPSA) is 76.2 Å². The molecule has 5 fully saturated rings. The number of carbonyl (C=O) groups is 3. The number of hydrogen-bond acceptors (Lipinski definition) is 6. The Labute approximate surface area is 251 Å². The Morgan fingerprint density at radius 1 is 0.953 bits per heavy atom. The highest BCUT2D eigenvalue weighted by molar-refractivity contribution is 5.98. The molecule has 4 bridgehead atoms. The average molecular weight is 577 g/mol. The quantitative estimate of drug-likeness (QED) is 0.321. The summed E-state index contributed by atoms with van der Waals surface area (Å²) in [5, 5.41) is 0. The van der Waals surface area contributed by atoms with Gasteiger partial charge in [-0.25, -0.2) is 4.79 Å². The summed E-state index contributed by atoms with van der Waals surface area (Å²) in [5.41, 5.74) is 3.15. The lowest BCUT2D eigenvalue weighted by atomic mass is 9.42. The van der Waals surface area contributed by atoms with Crippen molar-refractivity contribution in [2.24, 2.45) is 17.3 Å². The molecule has 2 aliphatic heterocycles. The Morgan fingerprint density at radius 2 is 1.72 bits per heavy atom. The Morgan fingerprint density at radius 3 is 2.49 bits per heavy atom. The van der Waals surface area contributed by atoms with Gasteiger partial charge in [-0.05, 0) is 66.0 Å². The van der Waals surface area contributed by atoms with E-state index in [2.05, 4.69) is 41.3 Å². The van der Waals surface area contributed by atoms with E-state index in [1.807, 2.05) is 47.4 Å². The van der Waals surface area contributed by atoms with E-state index >= 15 is 0 Å². The van der Waals surface area contributed by atoms with Gasteiger partial charge in [0.25, 0.3) is 0 Å². The smallest absolute Gasteiger partial charge is 0.410 e. The number of ether oxygens (including phenoxy) is 2. The molecule has 6 atom stereocenters. The Kier molecular flexibility index (Phi) is 5.81. The highest BCUT2D eigenvalue weighted by Crippen LogP contribution is 2.80. The lowest BCUT2D eigenvalue weighted by molar-refractivity contribution is -0.133. The fraction of sp³-hybridized carbons (Fsp3) is 0.417. The molecule has 7 nitrogen and oxygen atoms in total. The number of amides is 1. The molecule has 1 amide bonds. The van der Waals surface area contributed by atoms with Crippen molar-refractivity contribution in [3.8, 4) is 5.75 Å². The standard InChI is InChI=1S/C36H36N2O5/c1-42-26-14-12-24(13-15-26)21-38-30-11-6-5-10-27(30)36-29-22-37(33(41)43-23-25-8-3-2-4-9-25)32(36)34(16-7-19-39)17-18-35(36,38)28(20-34)31(29)40/h2-6,8-15,19,28-29,32H,7,16-18,20-23H2,1H3/t28-,29-,32+,34-,35-,36?/m1/s1. The van der Waals surface area contributed by atoms with Crippen LogP contribution in [-0.2, 0) is 32.9 Å². The number of anilines is 1. The fourth-order valence-corrected chi connectivity index (χ4v) is 10.4. The summed E-state index contributed by atoms with van der Waals surface area (Å²) in [6, 6.07) is 26.3. The van der Waals surface area contributed by atoms with Crippen LogP contribution in [0.25, 0.3) is 0 Å². The molecule has 2 spiro atoms. The largest absolute Gasteiger partial charge is 0.497 e. The van der Waals surface area contributed by atoms with Crippen molar-refractivity contribution in [1.29, 1.82) is 0 Å². The molecule has 3 aromatic rings. The molecule has 6 aliphatic rings. The predicted octanol–water partition coefficient (Wildman–Crippen LogP) is 5.69. The number of nitrogens with zero attached hydrogens (tertiary/aromatic N) is 2. The minimum absolute atomic E-state index is 0.137. The highest BCUT2D eigenvalue weighted by atomic mass is 16.6. The van der Waals surface area contributed by atoms with Crippen LogP contribution >= 0.6 is 0 Å². The molecule has 3 aromatic carbocycles. The van der Waals surface area contributed by atoms with Crippen molar-refractivity contribution in [1.82, 2.24) is 4.90 Å². The first-order valence-electron chi connectivity index (χ1n) is 15.4. The summed E-state index contributed by atoms with van der Waals surface area (Å²) in [5.74, 6) is 0.660. The predicted molar refractivity (Wildman–Crippen MR) is 161 cm³/mol. The van der Waals surface area contributed by atoms with Gasteiger partial charge in [0, 0.05) is 37.0 Å². The Hall–Kier alpha value is -4.13. The van der Waals surface area contributed by atoms with E-state index in [1.54, 1.807) is 7.11 Å². The molecule has 4 saturated carbocycles. The molecule has 220 valence electrons. The molecule has 1 saturated heterocycles. The summed E-state index contributed by atoms with van der Waals surface area (Å²) in [4.78, 5) is 44.9. The first-order valence-corrected chi connectivity index (χ1v) is 15.4. The normalized spacial score (nSPS) is 32.5. The zero-order valence-corrected chi connectivity index (χ0v) is 24.4. The van der Waals surface area contributed by atoms with E-state index in [1.165, 1.54) is 11.3 Å². The summed E-state index contributed by atoms with van der Waals surface area (Å²) in [6.45, 7) is 1.22. The lowest BCUT2D eigenvalue weighted by Gasteiger charge is -2.66. The van der Waals surface area contributed by atoms with Crippen molar-refractivity contribution in [3.05, 3.63) is 95.6 Å². The van der Waals surface area contributed by atoms with E-state index in [4.69, 9.17) is 9.47 Å². The summed E-state index contributed by atoms with van der Waals surface area (Å²) >= 11 is 0. The SMILES string of the molecule is COc1ccc(CN2c3ccccc3C34[C@@H]5CN(C(=O)OCc6ccccc6)[C@H]3[C@]3(CCC=O)CC[C@]24[C@H](C3)C5=O)cc1. The number of rotatable bonds is 8. The van der Waals surface area contributed by atoms with Gasteiger partial charge in [0.15, 0.2) is 0 Å². The van der Waals surface area contributed by atoms with Crippen LogP contribution in [0.4, 0.5) is 10.5 Å². The second-order valence-corrected chi connectivity index (χ2v) is 13.1. The number of likely N-dealkylation sites (tertiary alicyclic amines) is 1. The van der Waals surface area contributed by atoms with Gasteiger partial charge in [0.1, 0.15) is 24.4 Å². The number of Topliss-reactive ketones (excluding diaryl/α,β-unsaturated/α-hetero) is 1. The second-order valence-electron chi connectivity index (χ2n) is 13.1. The molecule has 2 heterocycles. The summed E-state index contributed by atoms with van der Waals surface area (Å²) in [6.07, 6.45) is 4.19. The third-order valence-electron chi connectivity index (χ3n) is 11.7. The third kappa shape index (κ3) is 3.28. The fourth-order valence-electron chi connectivity index (χ4n) is 10.4. The first-order chi connectivity index (χ1) is 21.0. The van der Waals surface area contributed by atoms with Gasteiger partial charge in [-0.1, -0.05) is 60.7 Å². The number of hydrogen-bond donors (Lipinski definition) is 0. The minimum atomic E-state index is -0.539. The number of fused-ring (bicyclic) bond motifs is 2. The molecule has 9 rings (SSSR count). The van der Waals surface area contributed by atoms with E-state index in [0.29, 0.717) is 32.4 Å². The van der Waals surface area contributed by atoms with E-state index in [0.717, 1.165) is 36.0 Å². The van der Waals surface area contributed by atoms with Crippen LogP contribution in [0.2, 0.25) is 0 Å². The Bertz CT molecular complexity index is 1610. The molecule has 0 N–H and O–H groups in total. The lowest BCUT2D eigenvalue weighted by Crippen LogP contribution is -2.75. The van der Waals surface area contributed by atoms with Crippen molar-refractivity contribution in [3.63, 3.8) is 0 Å². The van der Waals surface area contributed by atoms with Gasteiger partial charge in [-0.15, -0.1) is 0 Å². The number of benzene rings is 3. The zero-order chi connectivity index (χ0) is 29.4. The van der Waals surface area contributed by atoms with Gasteiger partial charge < -0.3 is 24.1 Å². The van der Waals surface area contributed by atoms with Gasteiger partial charge in [-0.3, -0.25) is 4.79 Å². The van der Waals surface area contributed by atoms with Gasteiger partial charge in [0.05, 0.1) is 24.1 Å². The first kappa shape index (κ1) is 26.5. The third-order valence-corrected chi connectivity index (χ3v) is 11.7. The van der Waals surface area contributed by atoms with Crippen LogP contribution in [0.1, 0.15) is 48.8 Å². The number of methoxy groups -OCH3 is 1. The molecule has 0 aromatic heterocycles. The molecule has 1 unspecified atom stereocenters. The number of aldehydes is 1. The number of carbonyl (C=O) groups excluding carboxylic acids is 3. The van der Waals surface area contributed by atoms with Crippen LogP contribution in [0.15, 0.2) is 78.9 Å². The van der Waals surface area contributed by atoms with Crippen molar-refractivity contribution in [2.75, 3.05) is 18.6 Å². The van der Waals surface area contributed by atoms with Crippen LogP contribution in [0.5, 0.6) is 5.75 Å². The van der Waals surface area contributed by atoms with E-state index < -0.39 is 11.0 Å². The summed E-state index contributed by atoms with van der Waals surface area (Å²) in [7, 11) is 1.67. The maximum absolute atomic E-state index is 14.6. The molecule has 4 aliphatic carbocycles. The van der Waals surface area contributed by atoms with E-state index in [-0.39, 0.29) is 41.8 Å². The minimum Gasteiger partial charge on any atom is -0.497 e. The van der Waals surface area contributed by atoms with Gasteiger partial charge >= 0.3 is 6.09 Å². The summed E-state index contributed by atoms with van der Waals surface area (Å²) < 4.78 is 11.4. The van der Waals surface area contributed by atoms with Crippen LogP contribution in [0.3, 0.4) is 0 Å². The van der Waals surface area contributed by atoms with Crippen LogP contribution in [0, 0.1) is 17.3 Å². The highest BCUT2D eigenvalue weighted by Gasteiger charge is 2.88. The van der Waals surface area contributed by atoms with Crippen LogP contribution < -0.4 is 9.64 Å². The maximum Gasteiger partial charge on any atom is 0.410 e. The van der Waals surface area contributed by atoms with E-state index in [9.17, 15) is 14.4 Å². The van der Waals surface area contributed by atoms with Gasteiger partial charge in [0.2, 0.25) is 0 Å². The number of para-hydroxylation sites is 1. The average Bonchev–Trinajstić information content (AvgIpc) is 3.61. The molecule has 0 radical (unpaired) electrons. The molecular formula is C36H36N2O5. The zero-order valence-electron chi connectivity index (χ0n) is 24.4. The second kappa shape index (κ2) is 9.43. The van der Waals surface area contributed by atoms with Crippen molar-refractivity contribution >= 4 is 23.9 Å².